The number of aryl methyl sites for hydroxylation is 1. The van der Waals surface area contributed by atoms with Gasteiger partial charge in [0, 0.05) is 6.04 Å². The summed E-state index contributed by atoms with van der Waals surface area (Å²) in [5, 5.41) is 17.9. The molecule has 0 fully saturated rings. The molecule has 2 atom stereocenters. The lowest BCUT2D eigenvalue weighted by Crippen LogP contribution is -2.41. The molecule has 0 saturated carbocycles. The molecular weight excluding hydrogens is 236 g/mol. The second kappa shape index (κ2) is 7.53. The highest BCUT2D eigenvalue weighted by Gasteiger charge is 2.26. The molecule has 2 N–H and O–H groups in total. The molecule has 0 aliphatic carbocycles. The van der Waals surface area contributed by atoms with Crippen molar-refractivity contribution in [1.29, 1.82) is 10.5 Å². The van der Waals surface area contributed by atoms with Gasteiger partial charge < -0.3 is 5.73 Å². The summed E-state index contributed by atoms with van der Waals surface area (Å²) in [4.78, 5) is 1.84. The lowest BCUT2D eigenvalue weighted by molar-refractivity contribution is 0.211. The lowest BCUT2D eigenvalue weighted by Gasteiger charge is -2.33. The van der Waals surface area contributed by atoms with Crippen molar-refractivity contribution in [1.82, 2.24) is 4.90 Å². The van der Waals surface area contributed by atoms with Gasteiger partial charge in [0.05, 0.1) is 31.3 Å². The summed E-state index contributed by atoms with van der Waals surface area (Å²) >= 11 is 0. The molecule has 0 spiro atoms. The van der Waals surface area contributed by atoms with Crippen LogP contribution in [0.1, 0.15) is 30.5 Å². The van der Waals surface area contributed by atoms with Gasteiger partial charge in [-0.15, -0.1) is 0 Å². The van der Waals surface area contributed by atoms with Crippen LogP contribution in [0.3, 0.4) is 0 Å². The molecule has 0 saturated heterocycles. The normalized spacial score (nSPS) is 13.6. The molecule has 19 heavy (non-hydrogen) atoms. The van der Waals surface area contributed by atoms with Crippen LogP contribution in [-0.2, 0) is 0 Å². The quantitative estimate of drug-likeness (QED) is 0.791. The number of hydrogen-bond donors (Lipinski definition) is 1. The summed E-state index contributed by atoms with van der Waals surface area (Å²) in [6.45, 7) is 4.47. The van der Waals surface area contributed by atoms with Crippen LogP contribution in [0.5, 0.6) is 0 Å². The van der Waals surface area contributed by atoms with E-state index in [1.807, 2.05) is 43.0 Å². The van der Waals surface area contributed by atoms with E-state index in [4.69, 9.17) is 16.3 Å². The van der Waals surface area contributed by atoms with Gasteiger partial charge in [0.2, 0.25) is 0 Å². The summed E-state index contributed by atoms with van der Waals surface area (Å²) in [5.41, 5.74) is 8.45. The zero-order chi connectivity index (χ0) is 14.3. The Kier molecular flexibility index (Phi) is 6.02. The van der Waals surface area contributed by atoms with Gasteiger partial charge in [-0.3, -0.25) is 4.90 Å². The summed E-state index contributed by atoms with van der Waals surface area (Å²) in [5.74, 6) is 0. The molecule has 0 aliphatic rings. The van der Waals surface area contributed by atoms with Crippen LogP contribution in [0.2, 0.25) is 0 Å². The molecule has 1 rings (SSSR count). The Labute approximate surface area is 115 Å². The predicted molar refractivity (Wildman–Crippen MR) is 75.0 cm³/mol. The predicted octanol–water partition coefficient (Wildman–Crippen LogP) is 2.12. The maximum Gasteiger partial charge on any atom is 0.0879 e. The first kappa shape index (κ1) is 15.2. The van der Waals surface area contributed by atoms with E-state index in [1.54, 1.807) is 0 Å². The zero-order valence-corrected chi connectivity index (χ0v) is 11.5. The number of nitrogens with zero attached hydrogens (tertiary/aromatic N) is 3. The molecule has 1 aromatic carbocycles. The topological polar surface area (TPSA) is 76.8 Å². The molecule has 0 aliphatic heterocycles. The molecule has 0 radical (unpaired) electrons. The largest absolute Gasteiger partial charge is 0.326 e. The van der Waals surface area contributed by atoms with E-state index in [2.05, 4.69) is 12.1 Å². The van der Waals surface area contributed by atoms with Gasteiger partial charge in [0.1, 0.15) is 0 Å². The fourth-order valence-electron chi connectivity index (χ4n) is 2.27. The Morgan fingerprint density at radius 2 is 1.79 bits per heavy atom. The first-order chi connectivity index (χ1) is 9.15. The fraction of sp³-hybridized carbons (Fsp3) is 0.467. The van der Waals surface area contributed by atoms with Gasteiger partial charge in [-0.25, -0.2) is 0 Å². The monoisotopic (exact) mass is 256 g/mol. The molecular formula is C15H20N4. The van der Waals surface area contributed by atoms with Crippen molar-refractivity contribution in [3.05, 3.63) is 35.4 Å². The van der Waals surface area contributed by atoms with E-state index < -0.39 is 0 Å². The summed E-state index contributed by atoms with van der Waals surface area (Å²) in [6.07, 6.45) is 0.798. The van der Waals surface area contributed by atoms with Gasteiger partial charge in [-0.1, -0.05) is 31.2 Å². The molecule has 1 aromatic rings. The average molecular weight is 256 g/mol. The van der Waals surface area contributed by atoms with Gasteiger partial charge in [0.15, 0.2) is 0 Å². The highest BCUT2D eigenvalue weighted by Crippen LogP contribution is 2.27. The standard InChI is InChI=1S/C15H20N4/c1-3-14(18)15(19(10-8-16)11-9-17)13-7-5-4-6-12(13)2/h4-7,14-15H,3,10-11,18H2,1-2H3. The van der Waals surface area contributed by atoms with Crippen molar-refractivity contribution in [2.24, 2.45) is 5.73 Å². The molecule has 0 aromatic heterocycles. The van der Waals surface area contributed by atoms with Crippen LogP contribution < -0.4 is 5.73 Å². The third kappa shape index (κ3) is 3.79. The molecule has 0 heterocycles. The Morgan fingerprint density at radius 1 is 1.21 bits per heavy atom. The van der Waals surface area contributed by atoms with Crippen LogP contribution in [-0.4, -0.2) is 24.0 Å². The Bertz CT molecular complexity index is 468. The summed E-state index contributed by atoms with van der Waals surface area (Å²) in [6, 6.07) is 12.1. The Morgan fingerprint density at radius 3 is 2.26 bits per heavy atom. The van der Waals surface area contributed by atoms with Crippen molar-refractivity contribution < 1.29 is 0 Å². The second-order valence-electron chi connectivity index (χ2n) is 4.59. The van der Waals surface area contributed by atoms with Crippen LogP contribution in [0.4, 0.5) is 0 Å². The molecule has 100 valence electrons. The molecule has 2 unspecified atom stereocenters. The third-order valence-electron chi connectivity index (χ3n) is 3.33. The van der Waals surface area contributed by atoms with Crippen LogP contribution in [0, 0.1) is 29.6 Å². The molecule has 0 bridgehead atoms. The SMILES string of the molecule is CCC(N)C(c1ccccc1C)N(CC#N)CC#N. The minimum Gasteiger partial charge on any atom is -0.326 e. The Balaban J connectivity index is 3.18. The van der Waals surface area contributed by atoms with E-state index in [0.717, 1.165) is 17.5 Å². The highest BCUT2D eigenvalue weighted by molar-refractivity contribution is 5.30. The number of nitrogens with two attached hydrogens (primary N) is 1. The van der Waals surface area contributed by atoms with E-state index in [0.29, 0.717) is 0 Å². The minimum atomic E-state index is -0.0946. The smallest absolute Gasteiger partial charge is 0.0879 e. The highest BCUT2D eigenvalue weighted by atomic mass is 15.2. The van der Waals surface area contributed by atoms with Crippen LogP contribution in [0.25, 0.3) is 0 Å². The van der Waals surface area contributed by atoms with Crippen molar-refractivity contribution in [2.75, 3.05) is 13.1 Å². The zero-order valence-electron chi connectivity index (χ0n) is 11.5. The van der Waals surface area contributed by atoms with E-state index in [1.165, 1.54) is 0 Å². The maximum atomic E-state index is 8.94. The Hall–Kier alpha value is -1.88. The van der Waals surface area contributed by atoms with E-state index in [-0.39, 0.29) is 25.2 Å². The lowest BCUT2D eigenvalue weighted by atomic mass is 9.93. The van der Waals surface area contributed by atoms with Gasteiger partial charge >= 0.3 is 0 Å². The maximum absolute atomic E-state index is 8.94. The minimum absolute atomic E-state index is 0.0921. The van der Waals surface area contributed by atoms with E-state index in [9.17, 15) is 0 Å². The van der Waals surface area contributed by atoms with Crippen molar-refractivity contribution in [3.63, 3.8) is 0 Å². The first-order valence-corrected chi connectivity index (χ1v) is 6.44. The van der Waals surface area contributed by atoms with Crippen molar-refractivity contribution in [3.8, 4) is 12.1 Å². The van der Waals surface area contributed by atoms with Crippen LogP contribution in [0.15, 0.2) is 24.3 Å². The van der Waals surface area contributed by atoms with Gasteiger partial charge in [-0.2, -0.15) is 10.5 Å². The van der Waals surface area contributed by atoms with Crippen LogP contribution >= 0.6 is 0 Å². The third-order valence-corrected chi connectivity index (χ3v) is 3.33. The van der Waals surface area contributed by atoms with E-state index >= 15 is 0 Å². The second-order valence-corrected chi connectivity index (χ2v) is 4.59. The first-order valence-electron chi connectivity index (χ1n) is 6.44. The van der Waals surface area contributed by atoms with Gasteiger partial charge in [-0.05, 0) is 24.5 Å². The van der Waals surface area contributed by atoms with Gasteiger partial charge in [0.25, 0.3) is 0 Å². The number of hydrogen-bond acceptors (Lipinski definition) is 4. The molecule has 4 heteroatoms. The molecule has 4 nitrogen and oxygen atoms in total. The summed E-state index contributed by atoms with van der Waals surface area (Å²) < 4.78 is 0. The number of benzene rings is 1. The summed E-state index contributed by atoms with van der Waals surface area (Å²) in [7, 11) is 0. The molecule has 0 amide bonds. The average Bonchev–Trinajstić information content (AvgIpc) is 2.41. The number of rotatable bonds is 6. The van der Waals surface area contributed by atoms with Crippen molar-refractivity contribution in [2.45, 2.75) is 32.4 Å². The fourth-order valence-corrected chi connectivity index (χ4v) is 2.27. The van der Waals surface area contributed by atoms with Crippen molar-refractivity contribution >= 4 is 0 Å². The number of nitriles is 2.